The van der Waals surface area contributed by atoms with E-state index in [4.69, 9.17) is 0 Å². The lowest BCUT2D eigenvalue weighted by atomic mass is 10.1. The van der Waals surface area contributed by atoms with Crippen molar-refractivity contribution in [2.45, 2.75) is 36.6 Å². The molecule has 3 rings (SSSR count). The molecule has 0 saturated heterocycles. The van der Waals surface area contributed by atoms with Gasteiger partial charge in [-0.2, -0.15) is 0 Å². The molecule has 1 N–H and O–H groups in total. The highest BCUT2D eigenvalue weighted by Crippen LogP contribution is 2.45. The second kappa shape index (κ2) is 4.62. The third-order valence-corrected chi connectivity index (χ3v) is 5.68. The Bertz CT molecular complexity index is 521. The summed E-state index contributed by atoms with van der Waals surface area (Å²) in [4.78, 5) is 0.358. The zero-order valence-electron chi connectivity index (χ0n) is 9.97. The molecule has 0 spiro atoms. The summed E-state index contributed by atoms with van der Waals surface area (Å²) >= 11 is 3.31. The van der Waals surface area contributed by atoms with Crippen LogP contribution in [0.4, 0.5) is 0 Å². The third kappa shape index (κ3) is 2.78. The molecule has 0 unspecified atom stereocenters. The predicted molar refractivity (Wildman–Crippen MR) is 73.7 cm³/mol. The zero-order chi connectivity index (χ0) is 12.8. The van der Waals surface area contributed by atoms with Gasteiger partial charge in [-0.25, -0.2) is 13.1 Å². The van der Waals surface area contributed by atoms with Crippen molar-refractivity contribution in [1.82, 2.24) is 4.72 Å². The Morgan fingerprint density at radius 3 is 2.00 bits per heavy atom. The first kappa shape index (κ1) is 12.6. The molecule has 1 aromatic carbocycles. The molecule has 0 radical (unpaired) electrons. The van der Waals surface area contributed by atoms with Gasteiger partial charge in [-0.15, -0.1) is 0 Å². The average molecular weight is 330 g/mol. The molecule has 0 bridgehead atoms. The van der Waals surface area contributed by atoms with Gasteiger partial charge in [-0.3, -0.25) is 0 Å². The largest absolute Gasteiger partial charge is 0.240 e. The van der Waals surface area contributed by atoms with Crippen LogP contribution in [0.25, 0.3) is 0 Å². The van der Waals surface area contributed by atoms with Crippen molar-refractivity contribution in [2.75, 3.05) is 0 Å². The standard InChI is InChI=1S/C13H16BrNO2S/c14-11-5-7-12(8-6-11)18(16,17)15-13(9-1-2-9)10-3-4-10/h5-10,13,15H,1-4H2. The van der Waals surface area contributed by atoms with Crippen molar-refractivity contribution < 1.29 is 8.42 Å². The Morgan fingerprint density at radius 1 is 1.06 bits per heavy atom. The first-order valence-electron chi connectivity index (χ1n) is 6.34. The van der Waals surface area contributed by atoms with Gasteiger partial charge in [0.05, 0.1) is 4.90 Å². The molecule has 2 saturated carbocycles. The van der Waals surface area contributed by atoms with E-state index in [0.717, 1.165) is 4.47 Å². The fourth-order valence-corrected chi connectivity index (χ4v) is 3.99. The maximum atomic E-state index is 12.3. The predicted octanol–water partition coefficient (Wildman–Crippen LogP) is 2.92. The lowest BCUT2D eigenvalue weighted by Crippen LogP contribution is -2.38. The van der Waals surface area contributed by atoms with Gasteiger partial charge in [0.1, 0.15) is 0 Å². The highest BCUT2D eigenvalue weighted by Gasteiger charge is 2.43. The van der Waals surface area contributed by atoms with E-state index in [1.807, 2.05) is 0 Å². The SMILES string of the molecule is O=S(=O)(NC(C1CC1)C1CC1)c1ccc(Br)cc1. The molecule has 2 aliphatic rings. The Hall–Kier alpha value is -0.390. The van der Waals surface area contributed by atoms with Crippen LogP contribution in [0, 0.1) is 11.8 Å². The van der Waals surface area contributed by atoms with Gasteiger partial charge in [0.2, 0.25) is 10.0 Å². The average Bonchev–Trinajstić information content (AvgIpc) is 3.18. The number of nitrogens with one attached hydrogen (secondary N) is 1. The van der Waals surface area contributed by atoms with Crippen LogP contribution >= 0.6 is 15.9 Å². The molecule has 0 aromatic heterocycles. The molecule has 3 nitrogen and oxygen atoms in total. The van der Waals surface area contributed by atoms with Crippen LogP contribution in [0.3, 0.4) is 0 Å². The highest BCUT2D eigenvalue weighted by atomic mass is 79.9. The Labute approximate surface area is 116 Å². The van der Waals surface area contributed by atoms with Crippen LogP contribution in [0.1, 0.15) is 25.7 Å². The van der Waals surface area contributed by atoms with Gasteiger partial charge in [-0.05, 0) is 61.8 Å². The molecule has 2 aliphatic carbocycles. The Morgan fingerprint density at radius 2 is 1.56 bits per heavy atom. The van der Waals surface area contributed by atoms with Crippen molar-refractivity contribution in [3.8, 4) is 0 Å². The summed E-state index contributed by atoms with van der Waals surface area (Å²) in [7, 11) is -3.36. The second-order valence-corrected chi connectivity index (χ2v) is 7.91. The Kier molecular flexibility index (Phi) is 3.24. The summed E-state index contributed by atoms with van der Waals surface area (Å²) in [5.74, 6) is 1.14. The van der Waals surface area contributed by atoms with Crippen LogP contribution in [-0.4, -0.2) is 14.5 Å². The van der Waals surface area contributed by atoms with Crippen molar-refractivity contribution in [3.63, 3.8) is 0 Å². The van der Waals surface area contributed by atoms with Crippen molar-refractivity contribution in [1.29, 1.82) is 0 Å². The van der Waals surface area contributed by atoms with Crippen LogP contribution in [0.15, 0.2) is 33.6 Å². The molecule has 2 fully saturated rings. The fraction of sp³-hybridized carbons (Fsp3) is 0.538. The fourth-order valence-electron chi connectivity index (χ4n) is 2.35. The summed E-state index contributed by atoms with van der Waals surface area (Å²) in [5, 5.41) is 0. The van der Waals surface area contributed by atoms with Gasteiger partial charge in [0.25, 0.3) is 0 Å². The molecule has 5 heteroatoms. The van der Waals surface area contributed by atoms with Gasteiger partial charge >= 0.3 is 0 Å². The maximum Gasteiger partial charge on any atom is 0.240 e. The van der Waals surface area contributed by atoms with E-state index in [1.165, 1.54) is 25.7 Å². The molecule has 0 aliphatic heterocycles. The quantitative estimate of drug-likeness (QED) is 0.902. The van der Waals surface area contributed by atoms with Gasteiger partial charge < -0.3 is 0 Å². The summed E-state index contributed by atoms with van der Waals surface area (Å²) in [6, 6.07) is 6.97. The number of benzene rings is 1. The molecule has 1 aromatic rings. The zero-order valence-corrected chi connectivity index (χ0v) is 12.4. The van der Waals surface area contributed by atoms with E-state index < -0.39 is 10.0 Å². The topological polar surface area (TPSA) is 46.2 Å². The first-order valence-corrected chi connectivity index (χ1v) is 8.62. The summed E-state index contributed by atoms with van der Waals surface area (Å²) < 4.78 is 28.4. The molecule has 0 heterocycles. The van der Waals surface area contributed by atoms with Crippen LogP contribution < -0.4 is 4.72 Å². The maximum absolute atomic E-state index is 12.3. The van der Waals surface area contributed by atoms with E-state index >= 15 is 0 Å². The molecular weight excluding hydrogens is 314 g/mol. The van der Waals surface area contributed by atoms with Crippen LogP contribution in [0.2, 0.25) is 0 Å². The number of hydrogen-bond donors (Lipinski definition) is 1. The second-order valence-electron chi connectivity index (χ2n) is 5.28. The first-order chi connectivity index (χ1) is 8.56. The van der Waals surface area contributed by atoms with E-state index in [2.05, 4.69) is 20.7 Å². The molecule has 98 valence electrons. The lowest BCUT2D eigenvalue weighted by Gasteiger charge is -2.17. The summed E-state index contributed by atoms with van der Waals surface area (Å²) in [6.07, 6.45) is 4.68. The number of halogens is 1. The van der Waals surface area contributed by atoms with Gasteiger partial charge in [-0.1, -0.05) is 15.9 Å². The lowest BCUT2D eigenvalue weighted by molar-refractivity contribution is 0.471. The smallest absolute Gasteiger partial charge is 0.208 e. The van der Waals surface area contributed by atoms with Gasteiger partial charge in [0, 0.05) is 10.5 Å². The van der Waals surface area contributed by atoms with Crippen molar-refractivity contribution >= 4 is 26.0 Å². The van der Waals surface area contributed by atoms with Crippen LogP contribution in [0.5, 0.6) is 0 Å². The monoisotopic (exact) mass is 329 g/mol. The molecule has 0 atom stereocenters. The Balaban J connectivity index is 1.78. The van der Waals surface area contributed by atoms with E-state index in [-0.39, 0.29) is 6.04 Å². The minimum atomic E-state index is -3.36. The normalized spacial score (nSPS) is 20.3. The third-order valence-electron chi connectivity index (χ3n) is 3.67. The number of hydrogen-bond acceptors (Lipinski definition) is 2. The number of sulfonamides is 1. The van der Waals surface area contributed by atoms with Gasteiger partial charge in [0.15, 0.2) is 0 Å². The summed E-state index contributed by atoms with van der Waals surface area (Å²) in [6.45, 7) is 0. The number of rotatable bonds is 5. The minimum absolute atomic E-state index is 0.165. The molecule has 0 amide bonds. The van der Waals surface area contributed by atoms with E-state index in [9.17, 15) is 8.42 Å². The van der Waals surface area contributed by atoms with Crippen molar-refractivity contribution in [3.05, 3.63) is 28.7 Å². The molecule has 18 heavy (non-hydrogen) atoms. The highest BCUT2D eigenvalue weighted by molar-refractivity contribution is 9.10. The minimum Gasteiger partial charge on any atom is -0.208 e. The summed E-state index contributed by atoms with van der Waals surface area (Å²) in [5.41, 5.74) is 0. The van der Waals surface area contributed by atoms with E-state index in [1.54, 1.807) is 24.3 Å². The van der Waals surface area contributed by atoms with E-state index in [0.29, 0.717) is 16.7 Å². The van der Waals surface area contributed by atoms with Crippen molar-refractivity contribution in [2.24, 2.45) is 11.8 Å². The van der Waals surface area contributed by atoms with Crippen LogP contribution in [-0.2, 0) is 10.0 Å². The molecular formula is C13H16BrNO2S.